The van der Waals surface area contributed by atoms with Crippen molar-refractivity contribution in [1.82, 2.24) is 10.2 Å². The highest BCUT2D eigenvalue weighted by molar-refractivity contribution is 6.42. The van der Waals surface area contributed by atoms with E-state index in [1.54, 1.807) is 36.4 Å². The Hall–Kier alpha value is -6.01. The molecule has 1 unspecified atom stereocenters. The number of fused-ring (bicyclic) bond motifs is 2. The van der Waals surface area contributed by atoms with E-state index >= 15 is 0 Å². The number of carboxylic acids is 1. The van der Waals surface area contributed by atoms with Gasteiger partial charge in [-0.05, 0) is 106 Å². The second-order valence-electron chi connectivity index (χ2n) is 15.7. The summed E-state index contributed by atoms with van der Waals surface area (Å²) in [6, 6.07) is 36.5. The Balaban J connectivity index is 0.980. The molecule has 324 valence electrons. The van der Waals surface area contributed by atoms with Crippen LogP contribution < -0.4 is 19.5 Å². The van der Waals surface area contributed by atoms with Crippen molar-refractivity contribution in [3.63, 3.8) is 0 Å². The first-order chi connectivity index (χ1) is 30.3. The molecule has 0 radical (unpaired) electrons. The summed E-state index contributed by atoms with van der Waals surface area (Å²) >= 11 is 12.2. The molecule has 13 heteroatoms. The fourth-order valence-electron chi connectivity index (χ4n) is 8.21. The summed E-state index contributed by atoms with van der Waals surface area (Å²) in [4.78, 5) is 29.2. The SMILES string of the molecule is CC[C@@H](c1ccccc1)N1Cc2cc3c(cc2C[C@H]1C(=O)NC(Cc1ccc(-c2ccc(C(F)(F)F)cc2)cc1)C(=O)O)OC[C@H](c1ccc(OCc2ccc(Cl)c(Cl)c2)cc1)O3. The number of rotatable bonds is 13. The van der Waals surface area contributed by atoms with Gasteiger partial charge in [-0.1, -0.05) is 115 Å². The second kappa shape index (κ2) is 18.8. The summed E-state index contributed by atoms with van der Waals surface area (Å²) in [5.41, 5.74) is 5.90. The van der Waals surface area contributed by atoms with Crippen molar-refractivity contribution >= 4 is 35.1 Å². The van der Waals surface area contributed by atoms with Crippen molar-refractivity contribution in [3.05, 3.63) is 182 Å². The van der Waals surface area contributed by atoms with Crippen molar-refractivity contribution in [2.45, 2.75) is 69.7 Å². The van der Waals surface area contributed by atoms with Crippen LogP contribution >= 0.6 is 23.2 Å². The molecule has 6 aromatic rings. The summed E-state index contributed by atoms with van der Waals surface area (Å²) in [6.07, 6.45) is -3.81. The van der Waals surface area contributed by atoms with Gasteiger partial charge in [0.05, 0.1) is 21.7 Å². The molecule has 0 bridgehead atoms. The summed E-state index contributed by atoms with van der Waals surface area (Å²) in [6.45, 7) is 3.06. The minimum Gasteiger partial charge on any atom is -0.489 e. The number of hydrogen-bond acceptors (Lipinski definition) is 6. The number of nitrogens with zero attached hydrogens (tertiary/aromatic N) is 1. The molecular weight excluding hydrogens is 852 g/mol. The minimum absolute atomic E-state index is 0.00188. The zero-order valence-electron chi connectivity index (χ0n) is 34.1. The first kappa shape index (κ1) is 43.6. The highest BCUT2D eigenvalue weighted by atomic mass is 35.5. The summed E-state index contributed by atoms with van der Waals surface area (Å²) < 4.78 is 58.1. The third kappa shape index (κ3) is 10.1. The number of hydrogen-bond donors (Lipinski definition) is 2. The number of ether oxygens (including phenoxy) is 3. The van der Waals surface area contributed by atoms with Crippen LogP contribution in [0, 0.1) is 0 Å². The molecule has 0 fully saturated rings. The van der Waals surface area contributed by atoms with Gasteiger partial charge in [-0.3, -0.25) is 9.69 Å². The van der Waals surface area contributed by atoms with E-state index in [0.29, 0.717) is 70.0 Å². The van der Waals surface area contributed by atoms with E-state index < -0.39 is 35.7 Å². The lowest BCUT2D eigenvalue weighted by molar-refractivity contribution is -0.143. The zero-order valence-corrected chi connectivity index (χ0v) is 35.6. The average molecular weight is 896 g/mol. The van der Waals surface area contributed by atoms with Gasteiger partial charge in [0.2, 0.25) is 5.91 Å². The number of alkyl halides is 3. The van der Waals surface area contributed by atoms with Gasteiger partial charge >= 0.3 is 12.1 Å². The monoisotopic (exact) mass is 894 g/mol. The van der Waals surface area contributed by atoms with E-state index in [4.69, 9.17) is 37.4 Å². The number of carboxylic acid groups (broad SMARTS) is 1. The van der Waals surface area contributed by atoms with Crippen LogP contribution in [0.1, 0.15) is 64.4 Å². The minimum atomic E-state index is -4.44. The molecule has 8 nitrogen and oxygen atoms in total. The largest absolute Gasteiger partial charge is 0.489 e. The van der Waals surface area contributed by atoms with Gasteiger partial charge in [0.15, 0.2) is 17.6 Å². The Morgan fingerprint density at radius 3 is 2.14 bits per heavy atom. The number of nitrogens with one attached hydrogen (secondary N) is 1. The van der Waals surface area contributed by atoms with E-state index in [1.165, 1.54) is 12.1 Å². The number of aliphatic carboxylic acids is 1. The van der Waals surface area contributed by atoms with Crippen molar-refractivity contribution in [3.8, 4) is 28.4 Å². The van der Waals surface area contributed by atoms with Crippen molar-refractivity contribution in [2.24, 2.45) is 0 Å². The Labute approximate surface area is 373 Å². The summed E-state index contributed by atoms with van der Waals surface area (Å²) in [7, 11) is 0. The number of benzene rings is 6. The molecule has 1 amide bonds. The second-order valence-corrected chi connectivity index (χ2v) is 16.5. The van der Waals surface area contributed by atoms with Crippen LogP contribution in [0.25, 0.3) is 11.1 Å². The Kier molecular flexibility index (Phi) is 13.0. The van der Waals surface area contributed by atoms with Gasteiger partial charge < -0.3 is 24.6 Å². The quantitative estimate of drug-likeness (QED) is 0.119. The fraction of sp³-hybridized carbons (Fsp3) is 0.240. The van der Waals surface area contributed by atoms with E-state index in [0.717, 1.165) is 39.9 Å². The first-order valence-electron chi connectivity index (χ1n) is 20.6. The molecule has 0 saturated heterocycles. The van der Waals surface area contributed by atoms with Gasteiger partial charge in [0, 0.05) is 19.0 Å². The summed E-state index contributed by atoms with van der Waals surface area (Å²) in [5, 5.41) is 14.1. The molecule has 0 aromatic heterocycles. The normalized spacial score (nSPS) is 17.0. The molecule has 2 N–H and O–H groups in total. The lowest BCUT2D eigenvalue weighted by Crippen LogP contribution is -2.55. The molecule has 4 atom stereocenters. The van der Waals surface area contributed by atoms with Gasteiger partial charge in [0.1, 0.15) is 25.0 Å². The van der Waals surface area contributed by atoms with E-state index in [-0.39, 0.29) is 25.2 Å². The predicted octanol–water partition coefficient (Wildman–Crippen LogP) is 11.5. The third-order valence-electron chi connectivity index (χ3n) is 11.6. The first-order valence-corrected chi connectivity index (χ1v) is 21.3. The van der Waals surface area contributed by atoms with Crippen molar-refractivity contribution in [2.75, 3.05) is 6.61 Å². The summed E-state index contributed by atoms with van der Waals surface area (Å²) in [5.74, 6) is 0.242. The molecule has 6 aromatic carbocycles. The molecule has 0 aliphatic carbocycles. The van der Waals surface area contributed by atoms with Crippen LogP contribution in [0.3, 0.4) is 0 Å². The molecule has 63 heavy (non-hydrogen) atoms. The van der Waals surface area contributed by atoms with E-state index in [9.17, 15) is 27.9 Å². The van der Waals surface area contributed by atoms with Crippen molar-refractivity contribution < 1.29 is 42.1 Å². The lowest BCUT2D eigenvalue weighted by atomic mass is 9.89. The third-order valence-corrected chi connectivity index (χ3v) is 12.3. The van der Waals surface area contributed by atoms with E-state index in [1.807, 2.05) is 72.8 Å². The Morgan fingerprint density at radius 1 is 0.825 bits per heavy atom. The van der Waals surface area contributed by atoms with Gasteiger partial charge in [-0.25, -0.2) is 4.79 Å². The number of amides is 1. The van der Waals surface area contributed by atoms with Crippen molar-refractivity contribution in [1.29, 1.82) is 0 Å². The average Bonchev–Trinajstić information content (AvgIpc) is 3.29. The van der Waals surface area contributed by atoms with Crippen LogP contribution in [0.15, 0.2) is 133 Å². The zero-order chi connectivity index (χ0) is 44.3. The van der Waals surface area contributed by atoms with E-state index in [2.05, 4.69) is 17.1 Å². The standard InChI is InChI=1S/C50H43Cl2F3N2O6/c1-2-43(34-6-4-3-5-7-34)57-27-37-26-46-45(62-29-47(63-46)35-15-19-39(20-16-35)61-28-31-10-21-40(51)41(52)22-31)25-36(37)24-44(57)48(58)56-42(49(59)60)23-30-8-11-32(12-9-30)33-13-17-38(18-14-33)50(53,54)55/h3-22,25-26,42-44,47H,2,23-24,27-29H2,1H3,(H,56,58)(H,59,60)/t42?,43-,44-,47+/m0/s1. The number of carbonyl (C=O) groups excluding carboxylic acids is 1. The highest BCUT2D eigenvalue weighted by Gasteiger charge is 2.39. The van der Waals surface area contributed by atoms with Gasteiger partial charge in [-0.2, -0.15) is 13.2 Å². The number of carbonyl (C=O) groups is 2. The highest BCUT2D eigenvalue weighted by Crippen LogP contribution is 2.43. The van der Waals surface area contributed by atoms with Crippen LogP contribution in [0.2, 0.25) is 10.0 Å². The van der Waals surface area contributed by atoms with Crippen LogP contribution in [0.5, 0.6) is 17.2 Å². The maximum atomic E-state index is 14.4. The Morgan fingerprint density at radius 2 is 1.49 bits per heavy atom. The maximum absolute atomic E-state index is 14.4. The molecule has 2 aliphatic rings. The van der Waals surface area contributed by atoms with Crippen LogP contribution in [0.4, 0.5) is 13.2 Å². The number of halogens is 5. The lowest BCUT2D eigenvalue weighted by Gasteiger charge is -2.42. The van der Waals surface area contributed by atoms with Crippen LogP contribution in [-0.2, 0) is 41.8 Å². The fourth-order valence-corrected chi connectivity index (χ4v) is 8.53. The molecule has 2 heterocycles. The van der Waals surface area contributed by atoms with Gasteiger partial charge in [-0.15, -0.1) is 0 Å². The molecular formula is C50H43Cl2F3N2O6. The van der Waals surface area contributed by atoms with Crippen LogP contribution in [-0.4, -0.2) is 40.6 Å². The molecule has 8 rings (SSSR count). The molecule has 2 aliphatic heterocycles. The smallest absolute Gasteiger partial charge is 0.416 e. The topological polar surface area (TPSA) is 97.3 Å². The predicted molar refractivity (Wildman–Crippen MR) is 235 cm³/mol. The Bertz CT molecular complexity index is 2570. The molecule has 0 spiro atoms. The molecule has 0 saturated carbocycles. The maximum Gasteiger partial charge on any atom is 0.416 e. The van der Waals surface area contributed by atoms with Gasteiger partial charge in [0.25, 0.3) is 0 Å².